The van der Waals surface area contributed by atoms with Gasteiger partial charge in [-0.15, -0.1) is 0 Å². The predicted octanol–water partition coefficient (Wildman–Crippen LogP) is 3.55. The normalized spacial score (nSPS) is 17.2. The molecule has 4 nitrogen and oxygen atoms in total. The van der Waals surface area contributed by atoms with Crippen LogP contribution in [0.5, 0.6) is 5.75 Å². The van der Waals surface area contributed by atoms with E-state index in [-0.39, 0.29) is 5.75 Å². The van der Waals surface area contributed by atoms with Gasteiger partial charge in [0.15, 0.2) is 0 Å². The number of benzene rings is 2. The highest BCUT2D eigenvalue weighted by Crippen LogP contribution is 2.34. The van der Waals surface area contributed by atoms with E-state index in [9.17, 15) is 10.2 Å². The Morgan fingerprint density at radius 2 is 1.85 bits per heavy atom. The maximum absolute atomic E-state index is 11.2. The highest BCUT2D eigenvalue weighted by Gasteiger charge is 2.29. The summed E-state index contributed by atoms with van der Waals surface area (Å²) < 4.78 is 2.30. The van der Waals surface area contributed by atoms with Gasteiger partial charge in [-0.2, -0.15) is 0 Å². The summed E-state index contributed by atoms with van der Waals surface area (Å²) in [5.41, 5.74) is 4.97. The van der Waals surface area contributed by atoms with Crippen LogP contribution in [0.25, 0.3) is 10.9 Å². The number of likely N-dealkylation sites (N-methyl/N-ethyl adjacent to an activating group) is 1. The van der Waals surface area contributed by atoms with Crippen molar-refractivity contribution < 1.29 is 10.2 Å². The predicted molar refractivity (Wildman–Crippen MR) is 104 cm³/mol. The Balaban J connectivity index is 1.82. The maximum atomic E-state index is 11.2. The second kappa shape index (κ2) is 6.15. The van der Waals surface area contributed by atoms with E-state index in [4.69, 9.17) is 0 Å². The first-order valence-electron chi connectivity index (χ1n) is 9.16. The lowest BCUT2D eigenvalue weighted by molar-refractivity contribution is 0.0385. The van der Waals surface area contributed by atoms with Crippen molar-refractivity contribution in [3.05, 3.63) is 64.8 Å². The smallest absolute Gasteiger partial charge is 0.115 e. The van der Waals surface area contributed by atoms with Gasteiger partial charge in [-0.25, -0.2) is 0 Å². The summed E-state index contributed by atoms with van der Waals surface area (Å²) in [7, 11) is 2.16. The first-order valence-corrected chi connectivity index (χ1v) is 9.16. The van der Waals surface area contributed by atoms with E-state index in [2.05, 4.69) is 41.6 Å². The van der Waals surface area contributed by atoms with Crippen molar-refractivity contribution in [2.75, 3.05) is 13.6 Å². The van der Waals surface area contributed by atoms with E-state index < -0.39 is 5.60 Å². The van der Waals surface area contributed by atoms with E-state index in [0.717, 1.165) is 25.1 Å². The molecule has 0 fully saturated rings. The van der Waals surface area contributed by atoms with Crippen LogP contribution in [0, 0.1) is 6.92 Å². The van der Waals surface area contributed by atoms with E-state index in [1.54, 1.807) is 24.3 Å². The van der Waals surface area contributed by atoms with Crippen molar-refractivity contribution in [1.29, 1.82) is 0 Å². The second-order valence-corrected chi connectivity index (χ2v) is 7.84. The summed E-state index contributed by atoms with van der Waals surface area (Å²) in [6, 6.07) is 13.4. The largest absolute Gasteiger partial charge is 0.508 e. The minimum Gasteiger partial charge on any atom is -0.508 e. The van der Waals surface area contributed by atoms with Gasteiger partial charge in [0.25, 0.3) is 0 Å². The number of hydrogen-bond acceptors (Lipinski definition) is 3. The van der Waals surface area contributed by atoms with E-state index in [1.165, 1.54) is 27.7 Å². The molecule has 2 N–H and O–H groups in total. The molecule has 1 aliphatic heterocycles. The molecule has 0 saturated heterocycles. The third-order valence-corrected chi connectivity index (χ3v) is 5.56. The molecular formula is C22H26N2O2. The molecule has 2 aromatic carbocycles. The van der Waals surface area contributed by atoms with E-state index >= 15 is 0 Å². The average Bonchev–Trinajstić information content (AvgIpc) is 2.87. The summed E-state index contributed by atoms with van der Waals surface area (Å²) in [6.45, 7) is 6.45. The molecule has 1 aromatic heterocycles. The first-order chi connectivity index (χ1) is 12.3. The first kappa shape index (κ1) is 17.1. The Hall–Kier alpha value is -2.30. The summed E-state index contributed by atoms with van der Waals surface area (Å²) in [6.07, 6.45) is 0.991. The van der Waals surface area contributed by atoms with Gasteiger partial charge < -0.3 is 19.7 Å². The zero-order valence-electron chi connectivity index (χ0n) is 15.7. The van der Waals surface area contributed by atoms with Gasteiger partial charge in [-0.3, -0.25) is 0 Å². The Bertz CT molecular complexity index is 954. The standard InChI is InChI=1S/C22H26N2O2/c1-15-4-9-20-18(12-15)19-13-23(3)11-10-21(19)24(20)14-22(2,26)16-5-7-17(25)8-6-16/h4-9,12,25-26H,10-11,13-14H2,1-3H3. The molecular weight excluding hydrogens is 324 g/mol. The SMILES string of the molecule is Cc1ccc2c(c1)c1c(n2CC(C)(O)c2ccc(O)cc2)CCN(C)C1. The summed E-state index contributed by atoms with van der Waals surface area (Å²) in [5.74, 6) is 0.215. The van der Waals surface area contributed by atoms with Gasteiger partial charge in [0.05, 0.1) is 6.54 Å². The van der Waals surface area contributed by atoms with Crippen molar-refractivity contribution >= 4 is 10.9 Å². The Morgan fingerprint density at radius 3 is 2.58 bits per heavy atom. The summed E-state index contributed by atoms with van der Waals surface area (Å²) in [5, 5.41) is 22.0. The molecule has 0 aliphatic carbocycles. The lowest BCUT2D eigenvalue weighted by Crippen LogP contribution is -2.31. The van der Waals surface area contributed by atoms with Crippen molar-refractivity contribution in [1.82, 2.24) is 9.47 Å². The molecule has 0 bridgehead atoms. The van der Waals surface area contributed by atoms with Crippen LogP contribution < -0.4 is 0 Å². The van der Waals surface area contributed by atoms with Crippen molar-refractivity contribution in [2.24, 2.45) is 0 Å². The van der Waals surface area contributed by atoms with Crippen LogP contribution in [-0.2, 0) is 25.1 Å². The lowest BCUT2D eigenvalue weighted by Gasteiger charge is -2.29. The number of phenols is 1. The molecule has 1 unspecified atom stereocenters. The van der Waals surface area contributed by atoms with Crippen LogP contribution in [0.3, 0.4) is 0 Å². The van der Waals surface area contributed by atoms with Gasteiger partial charge in [0.1, 0.15) is 11.4 Å². The van der Waals surface area contributed by atoms with Crippen molar-refractivity contribution in [3.63, 3.8) is 0 Å². The van der Waals surface area contributed by atoms with Crippen LogP contribution in [-0.4, -0.2) is 33.3 Å². The Morgan fingerprint density at radius 1 is 1.12 bits per heavy atom. The minimum absolute atomic E-state index is 0.215. The van der Waals surface area contributed by atoms with E-state index in [0.29, 0.717) is 6.54 Å². The molecule has 4 rings (SSSR count). The third kappa shape index (κ3) is 2.89. The fraction of sp³-hybridized carbons (Fsp3) is 0.364. The fourth-order valence-corrected chi connectivity index (χ4v) is 4.10. The van der Waals surface area contributed by atoms with Crippen LogP contribution >= 0.6 is 0 Å². The Kier molecular flexibility index (Phi) is 4.05. The highest BCUT2D eigenvalue weighted by molar-refractivity contribution is 5.86. The molecule has 3 aromatic rings. The van der Waals surface area contributed by atoms with Gasteiger partial charge in [-0.05, 0) is 56.3 Å². The molecule has 4 heteroatoms. The monoisotopic (exact) mass is 350 g/mol. The van der Waals surface area contributed by atoms with E-state index in [1.807, 2.05) is 6.92 Å². The van der Waals surface area contributed by atoms with Gasteiger partial charge in [0.2, 0.25) is 0 Å². The third-order valence-electron chi connectivity index (χ3n) is 5.56. The molecule has 1 aliphatic rings. The van der Waals surface area contributed by atoms with Crippen LogP contribution in [0.2, 0.25) is 0 Å². The molecule has 26 heavy (non-hydrogen) atoms. The molecule has 0 saturated carbocycles. The number of hydrogen-bond donors (Lipinski definition) is 2. The molecule has 0 amide bonds. The van der Waals surface area contributed by atoms with Gasteiger partial charge in [-0.1, -0.05) is 23.8 Å². The highest BCUT2D eigenvalue weighted by atomic mass is 16.3. The minimum atomic E-state index is -1.01. The summed E-state index contributed by atoms with van der Waals surface area (Å²) in [4.78, 5) is 2.35. The second-order valence-electron chi connectivity index (χ2n) is 7.84. The van der Waals surface area contributed by atoms with Gasteiger partial charge in [0, 0.05) is 36.1 Å². The molecule has 0 spiro atoms. The molecule has 1 atom stereocenters. The number of nitrogens with zero attached hydrogens (tertiary/aromatic N) is 2. The van der Waals surface area contributed by atoms with Gasteiger partial charge >= 0.3 is 0 Å². The van der Waals surface area contributed by atoms with Crippen LogP contribution in [0.4, 0.5) is 0 Å². The number of fused-ring (bicyclic) bond motifs is 3. The van der Waals surface area contributed by atoms with Crippen LogP contribution in [0.15, 0.2) is 42.5 Å². The number of rotatable bonds is 3. The summed E-state index contributed by atoms with van der Waals surface area (Å²) >= 11 is 0. The average molecular weight is 350 g/mol. The number of aromatic nitrogens is 1. The van der Waals surface area contributed by atoms with Crippen molar-refractivity contribution in [2.45, 2.75) is 39.0 Å². The molecule has 2 heterocycles. The molecule has 136 valence electrons. The number of aryl methyl sites for hydroxylation is 1. The number of aromatic hydroxyl groups is 1. The zero-order valence-corrected chi connectivity index (χ0v) is 15.7. The number of aliphatic hydroxyl groups is 1. The Labute approximate surface area is 154 Å². The number of phenolic OH excluding ortho intramolecular Hbond substituents is 1. The van der Waals surface area contributed by atoms with Crippen LogP contribution in [0.1, 0.15) is 29.3 Å². The maximum Gasteiger partial charge on any atom is 0.115 e. The zero-order chi connectivity index (χ0) is 18.5. The quantitative estimate of drug-likeness (QED) is 0.759. The lowest BCUT2D eigenvalue weighted by atomic mass is 9.95. The fourth-order valence-electron chi connectivity index (χ4n) is 4.10. The van der Waals surface area contributed by atoms with Crippen molar-refractivity contribution in [3.8, 4) is 5.75 Å². The molecule has 0 radical (unpaired) electrons. The topological polar surface area (TPSA) is 48.6 Å².